The zero-order chi connectivity index (χ0) is 17.5. The molecule has 0 atom stereocenters. The fourth-order valence-corrected chi connectivity index (χ4v) is 2.61. The van der Waals surface area contributed by atoms with Crippen molar-refractivity contribution in [2.45, 2.75) is 19.9 Å². The molecule has 0 bridgehead atoms. The highest BCUT2D eigenvalue weighted by molar-refractivity contribution is 6.39. The first-order valence-corrected chi connectivity index (χ1v) is 8.11. The number of hydrogen-bond donors (Lipinski definition) is 1. The molecule has 0 aliphatic rings. The van der Waals surface area contributed by atoms with Crippen molar-refractivity contribution in [3.8, 4) is 0 Å². The zero-order valence-electron chi connectivity index (χ0n) is 13.1. The summed E-state index contributed by atoms with van der Waals surface area (Å²) in [6.45, 7) is 2.17. The van der Waals surface area contributed by atoms with Gasteiger partial charge in [0.15, 0.2) is 0 Å². The van der Waals surface area contributed by atoms with E-state index in [1.165, 1.54) is 6.92 Å². The van der Waals surface area contributed by atoms with E-state index in [-0.39, 0.29) is 24.8 Å². The van der Waals surface area contributed by atoms with E-state index in [0.29, 0.717) is 22.3 Å². The maximum atomic E-state index is 12.1. The first-order valence-electron chi connectivity index (χ1n) is 7.35. The molecule has 1 N–H and O–H groups in total. The molecular formula is C17H17Cl2N3O2. The van der Waals surface area contributed by atoms with Crippen molar-refractivity contribution in [3.05, 3.63) is 58.3 Å². The molecule has 2 amide bonds. The highest BCUT2D eigenvalue weighted by Gasteiger charge is 2.14. The van der Waals surface area contributed by atoms with Crippen LogP contribution in [0.4, 0.5) is 5.69 Å². The number of amides is 2. The number of carbonyl (C=O) groups is 2. The van der Waals surface area contributed by atoms with Crippen molar-refractivity contribution in [3.63, 3.8) is 0 Å². The second-order valence-electron chi connectivity index (χ2n) is 5.20. The third kappa shape index (κ3) is 5.22. The van der Waals surface area contributed by atoms with Crippen LogP contribution in [0.1, 0.15) is 18.9 Å². The van der Waals surface area contributed by atoms with Gasteiger partial charge in [-0.25, -0.2) is 0 Å². The number of carbonyl (C=O) groups excluding carboxylic acids is 2. The minimum atomic E-state index is -0.262. The number of hydrogen-bond acceptors (Lipinski definition) is 3. The maximum absolute atomic E-state index is 12.1. The lowest BCUT2D eigenvalue weighted by Gasteiger charge is -2.21. The largest absolute Gasteiger partial charge is 0.338 e. The van der Waals surface area contributed by atoms with Gasteiger partial charge in [-0.15, -0.1) is 0 Å². The van der Waals surface area contributed by atoms with Crippen molar-refractivity contribution >= 4 is 40.7 Å². The lowest BCUT2D eigenvalue weighted by molar-refractivity contribution is -0.129. The molecule has 126 valence electrons. The van der Waals surface area contributed by atoms with E-state index in [1.54, 1.807) is 41.6 Å². The van der Waals surface area contributed by atoms with E-state index >= 15 is 0 Å². The van der Waals surface area contributed by atoms with Gasteiger partial charge in [-0.3, -0.25) is 14.6 Å². The van der Waals surface area contributed by atoms with Gasteiger partial charge in [-0.1, -0.05) is 35.3 Å². The summed E-state index contributed by atoms with van der Waals surface area (Å²) in [5, 5.41) is 3.42. The van der Waals surface area contributed by atoms with Crippen molar-refractivity contribution < 1.29 is 9.59 Å². The molecule has 7 heteroatoms. The second-order valence-corrected chi connectivity index (χ2v) is 6.01. The van der Waals surface area contributed by atoms with Gasteiger partial charge in [-0.05, 0) is 23.8 Å². The Hall–Kier alpha value is -2.11. The summed E-state index contributed by atoms with van der Waals surface area (Å²) >= 11 is 12.0. The van der Waals surface area contributed by atoms with Crippen LogP contribution in [0.3, 0.4) is 0 Å². The summed E-state index contributed by atoms with van der Waals surface area (Å²) in [7, 11) is 0. The minimum Gasteiger partial charge on any atom is -0.338 e. The van der Waals surface area contributed by atoms with Crippen molar-refractivity contribution in [1.82, 2.24) is 9.88 Å². The first-order chi connectivity index (χ1) is 11.5. The molecule has 0 unspecified atom stereocenters. The standard InChI is InChI=1S/C17H17Cl2N3O2/c1-12(23)22(11-13-4-3-8-20-10-13)9-7-16(24)21-17-14(18)5-2-6-15(17)19/h2-6,8,10H,7,9,11H2,1H3,(H,21,24). The fourth-order valence-electron chi connectivity index (χ4n) is 2.12. The summed E-state index contributed by atoms with van der Waals surface area (Å²) in [5.74, 6) is -0.370. The number of benzene rings is 1. The number of pyridine rings is 1. The predicted octanol–water partition coefficient (Wildman–Crippen LogP) is 3.77. The van der Waals surface area contributed by atoms with E-state index in [9.17, 15) is 9.59 Å². The Kier molecular flexibility index (Phi) is 6.58. The number of rotatable bonds is 6. The lowest BCUT2D eigenvalue weighted by atomic mass is 10.2. The smallest absolute Gasteiger partial charge is 0.226 e. The molecule has 2 rings (SSSR count). The van der Waals surface area contributed by atoms with Crippen molar-refractivity contribution in [2.75, 3.05) is 11.9 Å². The molecule has 24 heavy (non-hydrogen) atoms. The molecule has 0 saturated carbocycles. The number of nitrogens with zero attached hydrogens (tertiary/aromatic N) is 2. The Balaban J connectivity index is 1.94. The van der Waals surface area contributed by atoms with Gasteiger partial charge < -0.3 is 10.2 Å². The Labute approximate surface area is 150 Å². The van der Waals surface area contributed by atoms with E-state index in [0.717, 1.165) is 5.56 Å². The van der Waals surface area contributed by atoms with E-state index < -0.39 is 0 Å². The van der Waals surface area contributed by atoms with Gasteiger partial charge >= 0.3 is 0 Å². The van der Waals surface area contributed by atoms with Crippen molar-refractivity contribution in [2.24, 2.45) is 0 Å². The molecule has 1 aromatic carbocycles. The van der Waals surface area contributed by atoms with E-state index in [4.69, 9.17) is 23.2 Å². The molecule has 0 fully saturated rings. The van der Waals surface area contributed by atoms with Gasteiger partial charge in [-0.2, -0.15) is 0 Å². The average molecular weight is 366 g/mol. The highest BCUT2D eigenvalue weighted by Crippen LogP contribution is 2.29. The molecular weight excluding hydrogens is 349 g/mol. The molecule has 0 spiro atoms. The fraction of sp³-hybridized carbons (Fsp3) is 0.235. The van der Waals surface area contributed by atoms with Gasteiger partial charge in [0.05, 0.1) is 15.7 Å². The van der Waals surface area contributed by atoms with E-state index in [2.05, 4.69) is 10.3 Å². The SMILES string of the molecule is CC(=O)N(CCC(=O)Nc1c(Cl)cccc1Cl)Cc1cccnc1. The molecule has 5 nitrogen and oxygen atoms in total. The van der Waals surface area contributed by atoms with Crippen LogP contribution in [-0.2, 0) is 16.1 Å². The minimum absolute atomic E-state index is 0.109. The Morgan fingerprint density at radius 3 is 2.46 bits per heavy atom. The van der Waals surface area contributed by atoms with Gasteiger partial charge in [0.2, 0.25) is 11.8 Å². The Morgan fingerprint density at radius 1 is 1.17 bits per heavy atom. The predicted molar refractivity (Wildman–Crippen MR) is 95.0 cm³/mol. The third-order valence-corrected chi connectivity index (χ3v) is 4.01. The highest BCUT2D eigenvalue weighted by atomic mass is 35.5. The number of nitrogens with one attached hydrogen (secondary N) is 1. The third-order valence-electron chi connectivity index (χ3n) is 3.38. The average Bonchev–Trinajstić information content (AvgIpc) is 2.55. The van der Waals surface area contributed by atoms with Crippen LogP contribution < -0.4 is 5.32 Å². The maximum Gasteiger partial charge on any atom is 0.226 e. The van der Waals surface area contributed by atoms with Crippen LogP contribution in [0, 0.1) is 0 Å². The summed E-state index contributed by atoms with van der Waals surface area (Å²) in [4.78, 5) is 29.5. The van der Waals surface area contributed by atoms with Crippen molar-refractivity contribution in [1.29, 1.82) is 0 Å². The Bertz CT molecular complexity index is 703. The number of para-hydroxylation sites is 1. The van der Waals surface area contributed by atoms with Gasteiger partial charge in [0, 0.05) is 38.8 Å². The lowest BCUT2D eigenvalue weighted by Crippen LogP contribution is -2.31. The molecule has 1 heterocycles. The summed E-state index contributed by atoms with van der Waals surface area (Å²) in [6, 6.07) is 8.68. The van der Waals surface area contributed by atoms with Crippen LogP contribution in [0.15, 0.2) is 42.7 Å². The second kappa shape index (κ2) is 8.66. The molecule has 0 saturated heterocycles. The monoisotopic (exact) mass is 365 g/mol. The van der Waals surface area contributed by atoms with Crippen LogP contribution in [0.5, 0.6) is 0 Å². The summed E-state index contributed by atoms with van der Waals surface area (Å²) in [6.07, 6.45) is 3.50. The van der Waals surface area contributed by atoms with Crippen LogP contribution in [0.25, 0.3) is 0 Å². The Morgan fingerprint density at radius 2 is 1.88 bits per heavy atom. The number of anilines is 1. The topological polar surface area (TPSA) is 62.3 Å². The quantitative estimate of drug-likeness (QED) is 0.847. The summed E-state index contributed by atoms with van der Waals surface area (Å²) < 4.78 is 0. The summed E-state index contributed by atoms with van der Waals surface area (Å²) in [5.41, 5.74) is 1.29. The zero-order valence-corrected chi connectivity index (χ0v) is 14.6. The molecule has 0 aliphatic carbocycles. The molecule has 0 radical (unpaired) electrons. The van der Waals surface area contributed by atoms with Crippen LogP contribution in [-0.4, -0.2) is 28.2 Å². The molecule has 2 aromatic rings. The van der Waals surface area contributed by atoms with Crippen LogP contribution >= 0.6 is 23.2 Å². The van der Waals surface area contributed by atoms with Crippen LogP contribution in [0.2, 0.25) is 10.0 Å². The molecule has 1 aromatic heterocycles. The number of halogens is 2. The van der Waals surface area contributed by atoms with E-state index in [1.807, 2.05) is 6.07 Å². The normalized spacial score (nSPS) is 10.3. The van der Waals surface area contributed by atoms with Gasteiger partial charge in [0.25, 0.3) is 0 Å². The molecule has 0 aliphatic heterocycles. The van der Waals surface area contributed by atoms with Gasteiger partial charge in [0.1, 0.15) is 0 Å². The first kappa shape index (κ1) is 18.2. The number of aromatic nitrogens is 1.